The van der Waals surface area contributed by atoms with E-state index in [0.29, 0.717) is 19.5 Å². The highest BCUT2D eigenvalue weighted by Crippen LogP contribution is 2.10. The zero-order valence-electron chi connectivity index (χ0n) is 11.5. The molecule has 0 amide bonds. The van der Waals surface area contributed by atoms with Crippen molar-refractivity contribution < 1.29 is 8.42 Å². The Labute approximate surface area is 118 Å². The van der Waals surface area contributed by atoms with Crippen LogP contribution in [0.2, 0.25) is 0 Å². The number of H-pyrrole nitrogens is 1. The van der Waals surface area contributed by atoms with Crippen molar-refractivity contribution in [2.45, 2.75) is 17.9 Å². The van der Waals surface area contributed by atoms with E-state index in [9.17, 15) is 8.42 Å². The van der Waals surface area contributed by atoms with E-state index in [0.717, 1.165) is 11.5 Å². The number of rotatable bonds is 7. The standard InChI is InChI=1S/C12H19N5O2S/c1-13-8-10-7-11(9-15-10)20(18,19)16-4-3-12-14-5-6-17(12)2/h5-7,9,13,15-16H,3-4,8H2,1-2H3. The summed E-state index contributed by atoms with van der Waals surface area (Å²) in [6.07, 6.45) is 5.58. The highest BCUT2D eigenvalue weighted by atomic mass is 32.2. The van der Waals surface area contributed by atoms with Gasteiger partial charge in [0.15, 0.2) is 0 Å². The van der Waals surface area contributed by atoms with Crippen molar-refractivity contribution in [1.29, 1.82) is 0 Å². The maximum absolute atomic E-state index is 12.1. The average molecular weight is 297 g/mol. The summed E-state index contributed by atoms with van der Waals surface area (Å²) in [5.41, 5.74) is 0.831. The van der Waals surface area contributed by atoms with E-state index in [4.69, 9.17) is 0 Å². The molecule has 0 bridgehead atoms. The summed E-state index contributed by atoms with van der Waals surface area (Å²) < 4.78 is 28.6. The molecule has 0 unspecified atom stereocenters. The number of aromatic nitrogens is 3. The average Bonchev–Trinajstić information content (AvgIpc) is 3.00. The predicted molar refractivity (Wildman–Crippen MR) is 75.7 cm³/mol. The van der Waals surface area contributed by atoms with Gasteiger partial charge in [0, 0.05) is 50.8 Å². The number of aromatic amines is 1. The summed E-state index contributed by atoms with van der Waals surface area (Å²) in [4.78, 5) is 7.33. The van der Waals surface area contributed by atoms with Gasteiger partial charge in [-0.2, -0.15) is 0 Å². The van der Waals surface area contributed by atoms with Gasteiger partial charge in [-0.15, -0.1) is 0 Å². The van der Waals surface area contributed by atoms with Gasteiger partial charge in [-0.1, -0.05) is 0 Å². The van der Waals surface area contributed by atoms with Crippen molar-refractivity contribution in [2.24, 2.45) is 7.05 Å². The highest BCUT2D eigenvalue weighted by molar-refractivity contribution is 7.89. The Morgan fingerprint density at radius 3 is 2.90 bits per heavy atom. The first-order chi connectivity index (χ1) is 9.53. The smallest absolute Gasteiger partial charge is 0.242 e. The van der Waals surface area contributed by atoms with Crippen LogP contribution >= 0.6 is 0 Å². The van der Waals surface area contributed by atoms with Crippen molar-refractivity contribution in [3.63, 3.8) is 0 Å². The third-order valence-corrected chi connectivity index (χ3v) is 4.40. The Balaban J connectivity index is 1.95. The van der Waals surface area contributed by atoms with Crippen molar-refractivity contribution in [2.75, 3.05) is 13.6 Å². The Hall–Kier alpha value is -1.64. The number of imidazole rings is 1. The van der Waals surface area contributed by atoms with Crippen LogP contribution in [-0.4, -0.2) is 36.5 Å². The minimum atomic E-state index is -3.47. The predicted octanol–water partition coefficient (Wildman–Crippen LogP) is -0.0114. The summed E-state index contributed by atoms with van der Waals surface area (Å²) in [6, 6.07) is 1.62. The van der Waals surface area contributed by atoms with Crippen LogP contribution in [0.25, 0.3) is 0 Å². The second-order valence-corrected chi connectivity index (χ2v) is 6.26. The summed E-state index contributed by atoms with van der Waals surface area (Å²) >= 11 is 0. The lowest BCUT2D eigenvalue weighted by molar-refractivity contribution is 0.580. The van der Waals surface area contributed by atoms with E-state index < -0.39 is 10.0 Å². The molecule has 0 radical (unpaired) electrons. The van der Waals surface area contributed by atoms with Gasteiger partial charge in [0.25, 0.3) is 0 Å². The monoisotopic (exact) mass is 297 g/mol. The van der Waals surface area contributed by atoms with Gasteiger partial charge in [0.2, 0.25) is 10.0 Å². The van der Waals surface area contributed by atoms with Crippen molar-refractivity contribution in [3.05, 3.63) is 36.2 Å². The first-order valence-corrected chi connectivity index (χ1v) is 7.79. The van der Waals surface area contributed by atoms with Crippen LogP contribution in [0, 0.1) is 0 Å². The molecule has 8 heteroatoms. The molecule has 0 saturated carbocycles. The molecular weight excluding hydrogens is 278 g/mol. The maximum Gasteiger partial charge on any atom is 0.242 e. The fourth-order valence-corrected chi connectivity index (χ4v) is 2.93. The third-order valence-electron chi connectivity index (χ3n) is 2.96. The molecule has 3 N–H and O–H groups in total. The van der Waals surface area contributed by atoms with Crippen LogP contribution in [0.5, 0.6) is 0 Å². The third kappa shape index (κ3) is 3.47. The molecule has 110 valence electrons. The van der Waals surface area contributed by atoms with Gasteiger partial charge in [-0.3, -0.25) is 0 Å². The normalized spacial score (nSPS) is 11.9. The van der Waals surface area contributed by atoms with Crippen LogP contribution < -0.4 is 10.0 Å². The van der Waals surface area contributed by atoms with Crippen LogP contribution in [0.4, 0.5) is 0 Å². The lowest BCUT2D eigenvalue weighted by Crippen LogP contribution is -2.26. The molecule has 0 aliphatic carbocycles. The number of hydrogen-bond acceptors (Lipinski definition) is 4. The Bertz CT molecular complexity index is 659. The van der Waals surface area contributed by atoms with Gasteiger partial charge in [0.05, 0.1) is 4.90 Å². The molecule has 20 heavy (non-hydrogen) atoms. The molecular formula is C12H19N5O2S. The number of aryl methyl sites for hydroxylation is 1. The molecule has 2 aromatic rings. The molecule has 0 spiro atoms. The maximum atomic E-state index is 12.1. The highest BCUT2D eigenvalue weighted by Gasteiger charge is 2.15. The number of hydrogen-bond donors (Lipinski definition) is 3. The minimum Gasteiger partial charge on any atom is -0.363 e. The van der Waals surface area contributed by atoms with Gasteiger partial charge < -0.3 is 14.9 Å². The fourth-order valence-electron chi connectivity index (χ4n) is 1.88. The Morgan fingerprint density at radius 1 is 1.45 bits per heavy atom. The van der Waals surface area contributed by atoms with Crippen LogP contribution in [0.1, 0.15) is 11.5 Å². The molecule has 0 aliphatic rings. The zero-order chi connectivity index (χ0) is 14.6. The number of sulfonamides is 1. The topological polar surface area (TPSA) is 91.8 Å². The molecule has 0 saturated heterocycles. The van der Waals surface area contributed by atoms with Gasteiger partial charge in [0.1, 0.15) is 5.82 Å². The second kappa shape index (κ2) is 6.21. The SMILES string of the molecule is CNCc1cc(S(=O)(=O)NCCc2nccn2C)c[nH]1. The lowest BCUT2D eigenvalue weighted by atomic mass is 10.4. The first kappa shape index (κ1) is 14.8. The van der Waals surface area contributed by atoms with Gasteiger partial charge in [-0.25, -0.2) is 18.1 Å². The molecule has 7 nitrogen and oxygen atoms in total. The number of nitrogens with one attached hydrogen (secondary N) is 3. The van der Waals surface area contributed by atoms with Gasteiger partial charge in [-0.05, 0) is 13.1 Å². The van der Waals surface area contributed by atoms with E-state index in [1.54, 1.807) is 19.3 Å². The van der Waals surface area contributed by atoms with E-state index in [2.05, 4.69) is 20.0 Å². The van der Waals surface area contributed by atoms with Crippen LogP contribution in [-0.2, 0) is 30.0 Å². The van der Waals surface area contributed by atoms with Crippen molar-refractivity contribution in [3.8, 4) is 0 Å². The van der Waals surface area contributed by atoms with Gasteiger partial charge >= 0.3 is 0 Å². The minimum absolute atomic E-state index is 0.252. The quantitative estimate of drug-likeness (QED) is 0.670. The summed E-state index contributed by atoms with van der Waals surface area (Å²) in [7, 11) is 0.218. The largest absolute Gasteiger partial charge is 0.363 e. The van der Waals surface area contributed by atoms with Crippen LogP contribution in [0.15, 0.2) is 29.6 Å². The molecule has 0 aromatic carbocycles. The van der Waals surface area contributed by atoms with E-state index in [1.165, 1.54) is 6.20 Å². The first-order valence-electron chi connectivity index (χ1n) is 6.30. The fraction of sp³-hybridized carbons (Fsp3) is 0.417. The zero-order valence-corrected chi connectivity index (χ0v) is 12.4. The van der Waals surface area contributed by atoms with Crippen LogP contribution in [0.3, 0.4) is 0 Å². The second-order valence-electron chi connectivity index (χ2n) is 4.49. The Morgan fingerprint density at radius 2 is 2.25 bits per heavy atom. The van der Waals surface area contributed by atoms with E-state index >= 15 is 0 Å². The van der Waals surface area contributed by atoms with E-state index in [1.807, 2.05) is 17.8 Å². The summed E-state index contributed by atoms with van der Waals surface area (Å²) in [5.74, 6) is 0.845. The number of nitrogens with zero attached hydrogens (tertiary/aromatic N) is 2. The molecule has 2 heterocycles. The molecule has 2 aromatic heterocycles. The molecule has 0 atom stereocenters. The molecule has 0 aliphatic heterocycles. The molecule has 0 fully saturated rings. The van der Waals surface area contributed by atoms with Crippen molar-refractivity contribution in [1.82, 2.24) is 24.6 Å². The van der Waals surface area contributed by atoms with Crippen molar-refractivity contribution >= 4 is 10.0 Å². The summed E-state index contributed by atoms with van der Waals surface area (Å²) in [5, 5.41) is 2.96. The summed E-state index contributed by atoms with van der Waals surface area (Å²) in [6.45, 7) is 0.919. The van der Waals surface area contributed by atoms with E-state index in [-0.39, 0.29) is 4.90 Å². The molecule has 2 rings (SSSR count). The Kier molecular flexibility index (Phi) is 4.58. The lowest BCUT2D eigenvalue weighted by Gasteiger charge is -2.05.